The van der Waals surface area contributed by atoms with Crippen molar-refractivity contribution in [2.24, 2.45) is 0 Å². The number of rotatable bonds is 10. The normalized spacial score (nSPS) is 15.4. The SMILES string of the molecule is CCc1ccccc1.Cc1ccc(-c2ccccc2)cc1.O=C1COc2ccc(cc2)C[C@@H](C(=O)N[C@H](Cc2ccccc2)C(=O)O)NC(=O)CNC(=O)[C@@H](Cc2ccc(-c3ccccc3)cc2)NC(=O)CN1. The fourth-order valence-electron chi connectivity index (χ4n) is 7.65. The van der Waals surface area contributed by atoms with Crippen molar-refractivity contribution < 1.29 is 38.6 Å². The number of hydrogen-bond acceptors (Lipinski definition) is 7. The lowest BCUT2D eigenvalue weighted by atomic mass is 10.00. The maximum atomic E-state index is 13.5. The van der Waals surface area contributed by atoms with Gasteiger partial charge < -0.3 is 36.4 Å². The molecule has 0 aromatic heterocycles. The number of hydrogen-bond donors (Lipinski definition) is 6. The number of ether oxygens (including phenoxy) is 1. The van der Waals surface area contributed by atoms with Crippen molar-refractivity contribution in [3.05, 3.63) is 222 Å². The first-order valence-electron chi connectivity index (χ1n) is 24.1. The lowest BCUT2D eigenvalue weighted by Crippen LogP contribution is -2.55. The van der Waals surface area contributed by atoms with Crippen molar-refractivity contribution >= 4 is 35.5 Å². The summed E-state index contributed by atoms with van der Waals surface area (Å²) >= 11 is 0. The van der Waals surface area contributed by atoms with Crippen LogP contribution in [0, 0.1) is 6.92 Å². The molecule has 13 nitrogen and oxygen atoms in total. The molecule has 0 fully saturated rings. The average molecular weight is 980 g/mol. The van der Waals surface area contributed by atoms with Crippen LogP contribution in [0.15, 0.2) is 194 Å². The molecule has 6 N–H and O–H groups in total. The minimum absolute atomic E-state index is 0.0142. The molecule has 0 spiro atoms. The standard InChI is InChI=1S/C39H39N5O8.C13H12.C8H10/c45-34-22-40-36(47)24-52-30-17-13-27(14-18-30)20-32(38(49)44-33(39(50)51)21-25-7-3-1-4-8-25)43-35(46)23-41-37(48)31(42-34)19-26-11-15-29(16-12-26)28-9-5-2-6-10-28;1-11-7-9-13(10-8-11)12-5-3-2-4-6-12;1-2-8-6-4-3-5-7-8/h1-18,31-33H,19-24H2,(H,40,47)(H,41,48)(H,42,45)(H,43,46)(H,44,49)(H,50,51);2-10H,1H3;3-7H,2H2,1H3/t31-,32+,33-;;/m1../s1. The van der Waals surface area contributed by atoms with Gasteiger partial charge in [0.05, 0.1) is 13.1 Å². The molecule has 0 saturated heterocycles. The smallest absolute Gasteiger partial charge is 0.326 e. The van der Waals surface area contributed by atoms with Gasteiger partial charge >= 0.3 is 5.97 Å². The number of fused-ring (bicyclic) bond motifs is 16. The second-order valence-electron chi connectivity index (χ2n) is 17.3. The van der Waals surface area contributed by atoms with Gasteiger partial charge in [-0.2, -0.15) is 0 Å². The van der Waals surface area contributed by atoms with E-state index in [2.05, 4.69) is 113 Å². The molecule has 0 aliphatic carbocycles. The molecule has 3 atom stereocenters. The van der Waals surface area contributed by atoms with Gasteiger partial charge in [-0.05, 0) is 70.0 Å². The Morgan fingerprint density at radius 3 is 1.60 bits per heavy atom. The lowest BCUT2D eigenvalue weighted by molar-refractivity contribution is -0.142. The van der Waals surface area contributed by atoms with Crippen LogP contribution in [0.4, 0.5) is 0 Å². The number of carbonyl (C=O) groups is 6. The van der Waals surface area contributed by atoms with E-state index in [4.69, 9.17) is 4.74 Å². The van der Waals surface area contributed by atoms with Crippen LogP contribution < -0.4 is 31.3 Å². The molecule has 73 heavy (non-hydrogen) atoms. The van der Waals surface area contributed by atoms with Crippen LogP contribution in [0.5, 0.6) is 5.75 Å². The minimum atomic E-state index is -1.28. The Bertz CT molecular complexity index is 2850. The molecular formula is C60H61N5O8. The number of amides is 5. The van der Waals surface area contributed by atoms with Gasteiger partial charge in [0.15, 0.2) is 6.61 Å². The molecule has 2 aliphatic rings. The number of carbonyl (C=O) groups excluding carboxylic acids is 5. The number of benzene rings is 7. The summed E-state index contributed by atoms with van der Waals surface area (Å²) in [5.41, 5.74) is 9.27. The van der Waals surface area contributed by atoms with Gasteiger partial charge in [-0.3, -0.25) is 24.0 Å². The van der Waals surface area contributed by atoms with Crippen molar-refractivity contribution in [2.75, 3.05) is 19.7 Å². The van der Waals surface area contributed by atoms with Crippen molar-refractivity contribution in [2.45, 2.75) is 57.7 Å². The van der Waals surface area contributed by atoms with E-state index in [0.29, 0.717) is 16.9 Å². The van der Waals surface area contributed by atoms with Crippen LogP contribution in [0.3, 0.4) is 0 Å². The van der Waals surface area contributed by atoms with Crippen molar-refractivity contribution in [3.63, 3.8) is 0 Å². The van der Waals surface area contributed by atoms with Gasteiger partial charge in [-0.1, -0.05) is 194 Å². The monoisotopic (exact) mass is 979 g/mol. The summed E-state index contributed by atoms with van der Waals surface area (Å²) in [6, 6.07) is 58.3. The Hall–Kier alpha value is -8.84. The van der Waals surface area contributed by atoms with Gasteiger partial charge in [0.1, 0.15) is 23.9 Å². The second kappa shape index (κ2) is 28.1. The average Bonchev–Trinajstić information content (AvgIpc) is 3.42. The van der Waals surface area contributed by atoms with Crippen molar-refractivity contribution in [1.82, 2.24) is 26.6 Å². The van der Waals surface area contributed by atoms with E-state index in [1.165, 1.54) is 22.3 Å². The third kappa shape index (κ3) is 18.1. The van der Waals surface area contributed by atoms with Crippen molar-refractivity contribution in [1.29, 1.82) is 0 Å². The number of nitrogens with one attached hydrogen (secondary N) is 5. The third-order valence-corrected chi connectivity index (χ3v) is 11.7. The highest BCUT2D eigenvalue weighted by atomic mass is 16.5. The summed E-state index contributed by atoms with van der Waals surface area (Å²) in [5.74, 6) is -4.24. The molecule has 9 rings (SSSR count). The van der Waals surface area contributed by atoms with Crippen LogP contribution in [0.25, 0.3) is 22.3 Å². The summed E-state index contributed by atoms with van der Waals surface area (Å²) in [6.07, 6.45) is 1.20. The molecule has 13 heteroatoms. The Morgan fingerprint density at radius 2 is 1.07 bits per heavy atom. The maximum absolute atomic E-state index is 13.5. The van der Waals surface area contributed by atoms with E-state index < -0.39 is 66.7 Å². The number of carboxylic acid groups (broad SMARTS) is 1. The zero-order chi connectivity index (χ0) is 51.8. The van der Waals surface area contributed by atoms with Gasteiger partial charge in [0, 0.05) is 19.3 Å². The first-order chi connectivity index (χ1) is 35.4. The van der Waals surface area contributed by atoms with E-state index in [0.717, 1.165) is 23.1 Å². The Kier molecular flexibility index (Phi) is 20.6. The zero-order valence-corrected chi connectivity index (χ0v) is 41.0. The number of aryl methyl sites for hydroxylation is 2. The largest absolute Gasteiger partial charge is 0.484 e. The van der Waals surface area contributed by atoms with Crippen LogP contribution in [0.2, 0.25) is 0 Å². The van der Waals surface area contributed by atoms with E-state index >= 15 is 0 Å². The summed E-state index contributed by atoms with van der Waals surface area (Å²) < 4.78 is 5.54. The highest BCUT2D eigenvalue weighted by Crippen LogP contribution is 2.21. The fraction of sp³-hybridized carbons (Fsp3) is 0.200. The molecule has 7 aromatic carbocycles. The predicted molar refractivity (Wildman–Crippen MR) is 283 cm³/mol. The molecule has 2 bridgehead atoms. The maximum Gasteiger partial charge on any atom is 0.326 e. The third-order valence-electron chi connectivity index (χ3n) is 11.7. The molecule has 7 aromatic rings. The van der Waals surface area contributed by atoms with Gasteiger partial charge in [-0.15, -0.1) is 0 Å². The van der Waals surface area contributed by atoms with E-state index in [-0.39, 0.29) is 25.9 Å². The first-order valence-corrected chi connectivity index (χ1v) is 24.1. The van der Waals surface area contributed by atoms with E-state index in [1.54, 1.807) is 54.6 Å². The molecule has 0 saturated carbocycles. The molecule has 374 valence electrons. The van der Waals surface area contributed by atoms with Crippen molar-refractivity contribution in [3.8, 4) is 28.0 Å². The number of aliphatic carboxylic acids is 1. The highest BCUT2D eigenvalue weighted by molar-refractivity contribution is 5.94. The lowest BCUT2D eigenvalue weighted by Gasteiger charge is -2.22. The summed E-state index contributed by atoms with van der Waals surface area (Å²) in [7, 11) is 0. The number of carboxylic acids is 1. The van der Waals surface area contributed by atoms with E-state index in [9.17, 15) is 33.9 Å². The topological polar surface area (TPSA) is 192 Å². The van der Waals surface area contributed by atoms with E-state index in [1.807, 2.05) is 66.7 Å². The molecular weight excluding hydrogens is 919 g/mol. The first kappa shape index (κ1) is 53.5. The van der Waals surface area contributed by atoms with Gasteiger partial charge in [0.2, 0.25) is 23.6 Å². The molecule has 2 heterocycles. The van der Waals surface area contributed by atoms with Gasteiger partial charge in [0.25, 0.3) is 5.91 Å². The summed E-state index contributed by atoms with van der Waals surface area (Å²) in [4.78, 5) is 77.6. The Morgan fingerprint density at radius 1 is 0.575 bits per heavy atom. The minimum Gasteiger partial charge on any atom is -0.484 e. The quantitative estimate of drug-likeness (QED) is 0.0762. The van der Waals surface area contributed by atoms with Crippen LogP contribution in [0.1, 0.15) is 34.7 Å². The van der Waals surface area contributed by atoms with Crippen LogP contribution >= 0.6 is 0 Å². The fourth-order valence-corrected chi connectivity index (χ4v) is 7.65. The summed E-state index contributed by atoms with van der Waals surface area (Å²) in [6.45, 7) is 2.92. The van der Waals surface area contributed by atoms with Gasteiger partial charge in [-0.25, -0.2) is 4.79 Å². The Balaban J connectivity index is 0.000000337. The summed E-state index contributed by atoms with van der Waals surface area (Å²) in [5, 5.41) is 22.6. The Labute approximate surface area is 426 Å². The van der Waals surface area contributed by atoms with Crippen LogP contribution in [-0.4, -0.2) is 78.4 Å². The van der Waals surface area contributed by atoms with Crippen LogP contribution in [-0.2, 0) is 54.5 Å². The predicted octanol–water partition coefficient (Wildman–Crippen LogP) is 7.46. The second-order valence-corrected chi connectivity index (χ2v) is 17.3. The molecule has 0 radical (unpaired) electrons. The molecule has 2 aliphatic heterocycles. The zero-order valence-electron chi connectivity index (χ0n) is 41.0. The highest BCUT2D eigenvalue weighted by Gasteiger charge is 2.28. The molecule has 5 amide bonds. The molecule has 0 unspecified atom stereocenters.